The smallest absolute Gasteiger partial charge is 0.302 e. The number of carbonyl (C=O) groups excluding carboxylic acids is 1. The van der Waals surface area contributed by atoms with Crippen LogP contribution in [0.4, 0.5) is 18.9 Å². The molecule has 0 N–H and O–H groups in total. The van der Waals surface area contributed by atoms with E-state index in [-0.39, 0.29) is 5.91 Å². The summed E-state index contributed by atoms with van der Waals surface area (Å²) in [6.07, 6.45) is -1.94. The lowest BCUT2D eigenvalue weighted by atomic mass is 9.95. The highest BCUT2D eigenvalue weighted by molar-refractivity contribution is 6.10. The van der Waals surface area contributed by atoms with Gasteiger partial charge >= 0.3 is 6.18 Å². The number of halogens is 3. The molecule has 21 heavy (non-hydrogen) atoms. The van der Waals surface area contributed by atoms with E-state index in [9.17, 15) is 18.0 Å². The third-order valence-electron chi connectivity index (χ3n) is 5.11. The maximum absolute atomic E-state index is 12.8. The van der Waals surface area contributed by atoms with E-state index < -0.39 is 18.1 Å². The molecular formula is C16H16F3NO. The summed E-state index contributed by atoms with van der Waals surface area (Å²) in [6, 6.07) is 5.70. The van der Waals surface area contributed by atoms with E-state index in [4.69, 9.17) is 0 Å². The molecule has 3 aliphatic rings. The lowest BCUT2D eigenvalue weighted by Gasteiger charge is -2.20. The second kappa shape index (κ2) is 3.81. The van der Waals surface area contributed by atoms with Gasteiger partial charge in [-0.25, -0.2) is 0 Å². The number of amides is 1. The number of rotatable bonds is 2. The van der Waals surface area contributed by atoms with Crippen molar-refractivity contribution in [3.05, 3.63) is 29.3 Å². The van der Waals surface area contributed by atoms with Gasteiger partial charge in [0.05, 0.1) is 5.41 Å². The summed E-state index contributed by atoms with van der Waals surface area (Å²) in [4.78, 5) is 13.4. The molecule has 1 aromatic rings. The first kappa shape index (κ1) is 13.2. The molecule has 5 heteroatoms. The van der Waals surface area contributed by atoms with Crippen LogP contribution in [0.15, 0.2) is 18.2 Å². The van der Waals surface area contributed by atoms with Crippen LogP contribution < -0.4 is 4.90 Å². The van der Waals surface area contributed by atoms with Crippen molar-refractivity contribution in [2.75, 3.05) is 11.4 Å². The quantitative estimate of drug-likeness (QED) is 0.813. The molecule has 2 nitrogen and oxygen atoms in total. The second-order valence-corrected chi connectivity index (χ2v) is 6.68. The summed E-state index contributed by atoms with van der Waals surface area (Å²) in [6.45, 7) is 0.961. The molecule has 0 radical (unpaired) electrons. The monoisotopic (exact) mass is 295 g/mol. The number of nitrogens with zero attached hydrogens (tertiary/aromatic N) is 1. The molecular weight excluding hydrogens is 279 g/mol. The largest absolute Gasteiger partial charge is 0.406 e. The summed E-state index contributed by atoms with van der Waals surface area (Å²) in [5, 5.41) is 0. The van der Waals surface area contributed by atoms with Gasteiger partial charge in [-0.1, -0.05) is 19.1 Å². The second-order valence-electron chi connectivity index (χ2n) is 6.68. The predicted molar refractivity (Wildman–Crippen MR) is 72.3 cm³/mol. The van der Waals surface area contributed by atoms with E-state index in [1.807, 2.05) is 18.2 Å². The fourth-order valence-electron chi connectivity index (χ4n) is 3.62. The molecule has 1 aromatic carbocycles. The first-order valence-electron chi connectivity index (χ1n) is 7.35. The molecule has 4 rings (SSSR count). The Kier molecular flexibility index (Phi) is 2.39. The minimum absolute atomic E-state index is 0.365. The molecule has 112 valence electrons. The highest BCUT2D eigenvalue weighted by Gasteiger charge is 2.60. The minimum Gasteiger partial charge on any atom is -0.302 e. The number of hydrogen-bond acceptors (Lipinski definition) is 1. The fourth-order valence-corrected chi connectivity index (χ4v) is 3.62. The van der Waals surface area contributed by atoms with Gasteiger partial charge < -0.3 is 4.90 Å². The Hall–Kier alpha value is -1.52. The Morgan fingerprint density at radius 1 is 1.33 bits per heavy atom. The van der Waals surface area contributed by atoms with Gasteiger partial charge in [0.15, 0.2) is 0 Å². The molecule has 0 saturated heterocycles. The number of fused-ring (bicyclic) bond motifs is 2. The highest BCUT2D eigenvalue weighted by atomic mass is 19.4. The van der Waals surface area contributed by atoms with Crippen LogP contribution in [0.1, 0.15) is 43.2 Å². The Bertz CT molecular complexity index is 633. The SMILES string of the molecule is C[C@H]1C[C@@H]1c1ccc2c(c1)N(CC(F)(F)F)C(=O)C21CC1. The van der Waals surface area contributed by atoms with Crippen LogP contribution in [0.5, 0.6) is 0 Å². The third-order valence-corrected chi connectivity index (χ3v) is 5.11. The van der Waals surface area contributed by atoms with Crippen molar-refractivity contribution in [3.8, 4) is 0 Å². The molecule has 1 heterocycles. The molecule has 0 bridgehead atoms. The van der Waals surface area contributed by atoms with Gasteiger partial charge in [0.1, 0.15) is 6.54 Å². The summed E-state index contributed by atoms with van der Waals surface area (Å²) < 4.78 is 38.4. The summed E-state index contributed by atoms with van der Waals surface area (Å²) in [5.41, 5.74) is 1.72. The standard InChI is InChI=1S/C16H16F3NO/c1-9-6-11(9)10-2-3-12-13(7-10)20(8-16(17,18)19)14(21)15(12)4-5-15/h2-3,7,9,11H,4-6,8H2,1H3/t9-,11-/m0/s1. The molecule has 0 unspecified atom stereocenters. The van der Waals surface area contributed by atoms with E-state index in [0.29, 0.717) is 30.4 Å². The zero-order valence-corrected chi connectivity index (χ0v) is 11.7. The lowest BCUT2D eigenvalue weighted by Crippen LogP contribution is -2.39. The Morgan fingerprint density at radius 2 is 2.00 bits per heavy atom. The number of carbonyl (C=O) groups is 1. The first-order chi connectivity index (χ1) is 9.82. The van der Waals surface area contributed by atoms with Crippen molar-refractivity contribution >= 4 is 11.6 Å². The molecule has 2 aliphatic carbocycles. The van der Waals surface area contributed by atoms with Crippen LogP contribution in [-0.2, 0) is 10.2 Å². The Balaban J connectivity index is 1.76. The van der Waals surface area contributed by atoms with Gasteiger partial charge in [0, 0.05) is 5.69 Å². The minimum atomic E-state index is -4.36. The van der Waals surface area contributed by atoms with Gasteiger partial charge in [-0.05, 0) is 48.3 Å². The maximum atomic E-state index is 12.8. The van der Waals surface area contributed by atoms with Crippen molar-refractivity contribution < 1.29 is 18.0 Å². The summed E-state index contributed by atoms with van der Waals surface area (Å²) in [5.74, 6) is 0.663. The zero-order chi connectivity index (χ0) is 15.0. The lowest BCUT2D eigenvalue weighted by molar-refractivity contribution is -0.132. The van der Waals surface area contributed by atoms with E-state index in [1.165, 1.54) is 0 Å². The highest BCUT2D eigenvalue weighted by Crippen LogP contribution is 2.59. The summed E-state index contributed by atoms with van der Waals surface area (Å²) in [7, 11) is 0. The van der Waals surface area contributed by atoms with Gasteiger partial charge in [-0.15, -0.1) is 0 Å². The third kappa shape index (κ3) is 1.89. The molecule has 2 saturated carbocycles. The predicted octanol–water partition coefficient (Wildman–Crippen LogP) is 3.75. The molecule has 1 amide bonds. The van der Waals surface area contributed by atoms with Crippen LogP contribution in [0.2, 0.25) is 0 Å². The van der Waals surface area contributed by atoms with Crippen molar-refractivity contribution in [1.29, 1.82) is 0 Å². The molecule has 1 spiro atoms. The van der Waals surface area contributed by atoms with Crippen molar-refractivity contribution in [1.82, 2.24) is 0 Å². The number of benzene rings is 1. The van der Waals surface area contributed by atoms with E-state index in [0.717, 1.165) is 22.4 Å². The van der Waals surface area contributed by atoms with E-state index in [1.54, 1.807) is 0 Å². The molecule has 1 aliphatic heterocycles. The van der Waals surface area contributed by atoms with Gasteiger partial charge in [0.2, 0.25) is 5.91 Å². The Labute approximate surface area is 120 Å². The van der Waals surface area contributed by atoms with Crippen molar-refractivity contribution in [3.63, 3.8) is 0 Å². The fraction of sp³-hybridized carbons (Fsp3) is 0.562. The van der Waals surface area contributed by atoms with Crippen molar-refractivity contribution in [2.24, 2.45) is 5.92 Å². The van der Waals surface area contributed by atoms with E-state index >= 15 is 0 Å². The Morgan fingerprint density at radius 3 is 2.52 bits per heavy atom. The maximum Gasteiger partial charge on any atom is 0.406 e. The number of alkyl halides is 3. The topological polar surface area (TPSA) is 20.3 Å². The average Bonchev–Trinajstić information content (AvgIpc) is 3.28. The molecule has 0 aromatic heterocycles. The zero-order valence-electron chi connectivity index (χ0n) is 11.7. The molecule has 2 atom stereocenters. The normalized spacial score (nSPS) is 29.0. The van der Waals surface area contributed by atoms with Crippen LogP contribution in [0.25, 0.3) is 0 Å². The van der Waals surface area contributed by atoms with Crippen molar-refractivity contribution in [2.45, 2.75) is 43.7 Å². The first-order valence-corrected chi connectivity index (χ1v) is 7.35. The van der Waals surface area contributed by atoms with E-state index in [2.05, 4.69) is 6.92 Å². The average molecular weight is 295 g/mol. The van der Waals surface area contributed by atoms with Crippen LogP contribution in [-0.4, -0.2) is 18.6 Å². The van der Waals surface area contributed by atoms with Gasteiger partial charge in [0.25, 0.3) is 0 Å². The van der Waals surface area contributed by atoms with Crippen LogP contribution in [0.3, 0.4) is 0 Å². The van der Waals surface area contributed by atoms with Gasteiger partial charge in [-0.2, -0.15) is 13.2 Å². The summed E-state index contributed by atoms with van der Waals surface area (Å²) >= 11 is 0. The number of hydrogen-bond donors (Lipinski definition) is 0. The van der Waals surface area contributed by atoms with Gasteiger partial charge in [-0.3, -0.25) is 4.79 Å². The van der Waals surface area contributed by atoms with Crippen LogP contribution >= 0.6 is 0 Å². The molecule has 2 fully saturated rings. The number of anilines is 1. The van der Waals surface area contributed by atoms with Crippen LogP contribution in [0, 0.1) is 5.92 Å².